The first-order valence-corrected chi connectivity index (χ1v) is 8.52. The van der Waals surface area contributed by atoms with Gasteiger partial charge in [-0.2, -0.15) is 0 Å². The Morgan fingerprint density at radius 1 is 1.25 bits per heavy atom. The molecule has 0 saturated heterocycles. The van der Waals surface area contributed by atoms with Crippen molar-refractivity contribution in [3.63, 3.8) is 0 Å². The van der Waals surface area contributed by atoms with E-state index < -0.39 is 0 Å². The third-order valence-corrected chi connectivity index (χ3v) is 5.69. The molecule has 0 aromatic heterocycles. The summed E-state index contributed by atoms with van der Waals surface area (Å²) >= 11 is 0. The fourth-order valence-corrected chi connectivity index (χ4v) is 4.24. The summed E-state index contributed by atoms with van der Waals surface area (Å²) in [4.78, 5) is 0. The molecule has 0 bridgehead atoms. The Morgan fingerprint density at radius 2 is 2.05 bits per heavy atom. The van der Waals surface area contributed by atoms with Gasteiger partial charge in [0.25, 0.3) is 0 Å². The summed E-state index contributed by atoms with van der Waals surface area (Å²) < 4.78 is 0. The van der Waals surface area contributed by atoms with Crippen LogP contribution >= 0.6 is 0 Å². The summed E-state index contributed by atoms with van der Waals surface area (Å²) in [6.45, 7) is 8.81. The van der Waals surface area contributed by atoms with Crippen LogP contribution in [0.3, 0.4) is 0 Å². The number of allylic oxidation sites excluding steroid dienone is 1. The second kappa shape index (κ2) is 5.76. The number of benzene rings is 1. The van der Waals surface area contributed by atoms with Crippen LogP contribution in [0.5, 0.6) is 0 Å². The van der Waals surface area contributed by atoms with Gasteiger partial charge in [-0.05, 0) is 85.5 Å². The Kier molecular flexibility index (Phi) is 4.01. The standard InChI is InChI=1S/C20H28/c1-4-14(2)15(3)8-9-17-12-13-18-11-10-16-6-5-7-19(16)20(17)18/h10-11,15,17H,2,4-9,12-13H2,1,3H3. The maximum Gasteiger partial charge on any atom is -0.0153 e. The maximum atomic E-state index is 4.22. The highest BCUT2D eigenvalue weighted by molar-refractivity contribution is 5.48. The maximum absolute atomic E-state index is 4.22. The molecule has 1 aromatic carbocycles. The molecular formula is C20H28. The van der Waals surface area contributed by atoms with Crippen LogP contribution in [0.4, 0.5) is 0 Å². The lowest BCUT2D eigenvalue weighted by Gasteiger charge is -2.19. The van der Waals surface area contributed by atoms with E-state index in [9.17, 15) is 0 Å². The van der Waals surface area contributed by atoms with Gasteiger partial charge in [-0.15, -0.1) is 0 Å². The Bertz CT molecular complexity index is 509. The Balaban J connectivity index is 1.73. The van der Waals surface area contributed by atoms with Crippen LogP contribution in [-0.2, 0) is 19.3 Å². The molecule has 0 N–H and O–H groups in total. The first kappa shape index (κ1) is 13.9. The quantitative estimate of drug-likeness (QED) is 0.611. The van der Waals surface area contributed by atoms with Crippen molar-refractivity contribution in [2.75, 3.05) is 0 Å². The van der Waals surface area contributed by atoms with Crippen LogP contribution in [0.1, 0.15) is 74.1 Å². The van der Waals surface area contributed by atoms with E-state index in [-0.39, 0.29) is 0 Å². The normalized spacial score (nSPS) is 21.6. The number of rotatable bonds is 5. The SMILES string of the molecule is C=C(CC)C(C)CCC1CCc2ccc3c(c21)CCC3. The minimum absolute atomic E-state index is 0.695. The highest BCUT2D eigenvalue weighted by atomic mass is 14.3. The van der Waals surface area contributed by atoms with Gasteiger partial charge in [0, 0.05) is 0 Å². The number of hydrogen-bond acceptors (Lipinski definition) is 0. The van der Waals surface area contributed by atoms with Crippen LogP contribution in [0.25, 0.3) is 0 Å². The van der Waals surface area contributed by atoms with Crippen molar-refractivity contribution in [2.45, 2.75) is 71.1 Å². The summed E-state index contributed by atoms with van der Waals surface area (Å²) in [6, 6.07) is 4.83. The van der Waals surface area contributed by atoms with Gasteiger partial charge in [-0.25, -0.2) is 0 Å². The number of hydrogen-bond donors (Lipinski definition) is 0. The summed E-state index contributed by atoms with van der Waals surface area (Å²) in [5.74, 6) is 1.53. The minimum atomic E-state index is 0.695. The van der Waals surface area contributed by atoms with E-state index in [2.05, 4.69) is 32.6 Å². The molecule has 2 aliphatic rings. The largest absolute Gasteiger partial charge is 0.0996 e. The lowest BCUT2D eigenvalue weighted by Crippen LogP contribution is -2.04. The smallest absolute Gasteiger partial charge is 0.0153 e. The van der Waals surface area contributed by atoms with Crippen molar-refractivity contribution in [2.24, 2.45) is 5.92 Å². The minimum Gasteiger partial charge on any atom is -0.0996 e. The summed E-state index contributed by atoms with van der Waals surface area (Å²) in [5.41, 5.74) is 8.27. The molecule has 1 aromatic rings. The molecule has 108 valence electrons. The highest BCUT2D eigenvalue weighted by Crippen LogP contribution is 2.43. The number of aryl methyl sites for hydroxylation is 2. The van der Waals surface area contributed by atoms with Gasteiger partial charge in [0.15, 0.2) is 0 Å². The average Bonchev–Trinajstić information content (AvgIpc) is 3.09. The lowest BCUT2D eigenvalue weighted by molar-refractivity contribution is 0.505. The molecule has 0 spiro atoms. The Hall–Kier alpha value is -1.04. The predicted molar refractivity (Wildman–Crippen MR) is 87.4 cm³/mol. The van der Waals surface area contributed by atoms with Crippen molar-refractivity contribution < 1.29 is 0 Å². The number of fused-ring (bicyclic) bond motifs is 3. The first-order valence-electron chi connectivity index (χ1n) is 8.52. The van der Waals surface area contributed by atoms with E-state index in [0.29, 0.717) is 5.92 Å². The van der Waals surface area contributed by atoms with Crippen LogP contribution in [-0.4, -0.2) is 0 Å². The van der Waals surface area contributed by atoms with E-state index in [1.165, 1.54) is 50.5 Å². The molecule has 0 heteroatoms. The molecule has 0 fully saturated rings. The van der Waals surface area contributed by atoms with Crippen molar-refractivity contribution in [1.29, 1.82) is 0 Å². The zero-order chi connectivity index (χ0) is 14.1. The van der Waals surface area contributed by atoms with Gasteiger partial charge in [0.05, 0.1) is 0 Å². The van der Waals surface area contributed by atoms with Gasteiger partial charge >= 0.3 is 0 Å². The molecule has 2 aliphatic carbocycles. The molecular weight excluding hydrogens is 240 g/mol. The van der Waals surface area contributed by atoms with Crippen molar-refractivity contribution in [3.05, 3.63) is 46.5 Å². The second-order valence-corrected chi connectivity index (χ2v) is 6.86. The molecule has 2 unspecified atom stereocenters. The van der Waals surface area contributed by atoms with Gasteiger partial charge in [-0.3, -0.25) is 0 Å². The molecule has 0 saturated carbocycles. The first-order chi connectivity index (χ1) is 9.70. The van der Waals surface area contributed by atoms with Gasteiger partial charge in [0.1, 0.15) is 0 Å². The molecule has 2 atom stereocenters. The molecule has 3 rings (SSSR count). The highest BCUT2D eigenvalue weighted by Gasteiger charge is 2.28. The van der Waals surface area contributed by atoms with E-state index >= 15 is 0 Å². The zero-order valence-electron chi connectivity index (χ0n) is 13.2. The monoisotopic (exact) mass is 268 g/mol. The van der Waals surface area contributed by atoms with Gasteiger partial charge in [0.2, 0.25) is 0 Å². The predicted octanol–water partition coefficient (Wildman–Crippen LogP) is 5.59. The van der Waals surface area contributed by atoms with E-state index in [0.717, 1.165) is 12.3 Å². The summed E-state index contributed by atoms with van der Waals surface area (Å²) in [7, 11) is 0. The fourth-order valence-electron chi connectivity index (χ4n) is 4.24. The van der Waals surface area contributed by atoms with Gasteiger partial charge < -0.3 is 0 Å². The fraction of sp³-hybridized carbons (Fsp3) is 0.600. The van der Waals surface area contributed by atoms with Crippen molar-refractivity contribution in [3.8, 4) is 0 Å². The van der Waals surface area contributed by atoms with Crippen molar-refractivity contribution in [1.82, 2.24) is 0 Å². The molecule has 0 heterocycles. The summed E-state index contributed by atoms with van der Waals surface area (Å²) in [6.07, 6.45) is 10.6. The van der Waals surface area contributed by atoms with E-state index in [1.807, 2.05) is 0 Å². The lowest BCUT2D eigenvalue weighted by atomic mass is 9.86. The van der Waals surface area contributed by atoms with Crippen molar-refractivity contribution >= 4 is 0 Å². The van der Waals surface area contributed by atoms with E-state index in [1.54, 1.807) is 22.3 Å². The third kappa shape index (κ3) is 2.45. The average molecular weight is 268 g/mol. The van der Waals surface area contributed by atoms with Crippen LogP contribution in [0.15, 0.2) is 24.3 Å². The topological polar surface area (TPSA) is 0 Å². The zero-order valence-corrected chi connectivity index (χ0v) is 13.2. The molecule has 20 heavy (non-hydrogen) atoms. The molecule has 0 nitrogen and oxygen atoms in total. The van der Waals surface area contributed by atoms with Crippen LogP contribution in [0, 0.1) is 5.92 Å². The van der Waals surface area contributed by atoms with Crippen LogP contribution in [0.2, 0.25) is 0 Å². The Morgan fingerprint density at radius 3 is 2.85 bits per heavy atom. The summed E-state index contributed by atoms with van der Waals surface area (Å²) in [5, 5.41) is 0. The molecule has 0 radical (unpaired) electrons. The molecule has 0 aliphatic heterocycles. The third-order valence-electron chi connectivity index (χ3n) is 5.69. The second-order valence-electron chi connectivity index (χ2n) is 6.86. The van der Waals surface area contributed by atoms with E-state index in [4.69, 9.17) is 0 Å². The van der Waals surface area contributed by atoms with Crippen LogP contribution < -0.4 is 0 Å². The Labute approximate surface area is 124 Å². The van der Waals surface area contributed by atoms with Gasteiger partial charge in [-0.1, -0.05) is 38.1 Å². The molecule has 0 amide bonds.